The summed E-state index contributed by atoms with van der Waals surface area (Å²) in [5.74, 6) is -2.03. The lowest BCUT2D eigenvalue weighted by Gasteiger charge is -2.63. The summed E-state index contributed by atoms with van der Waals surface area (Å²) in [5.41, 5.74) is -1.83. The van der Waals surface area contributed by atoms with Gasteiger partial charge in [-0.3, -0.25) is 9.59 Å². The van der Waals surface area contributed by atoms with E-state index in [1.807, 2.05) is 39.8 Å². The molecule has 1 heterocycles. The molecule has 0 aromatic heterocycles. The van der Waals surface area contributed by atoms with Gasteiger partial charge in [0.15, 0.2) is 11.5 Å². The molecular formula is C35H52O11. The number of carbonyl (C=O) groups is 2. The predicted molar refractivity (Wildman–Crippen MR) is 166 cm³/mol. The van der Waals surface area contributed by atoms with Crippen LogP contribution < -0.4 is 0 Å². The first kappa shape index (κ1) is 35.3. The van der Waals surface area contributed by atoms with Gasteiger partial charge in [-0.1, -0.05) is 38.5 Å². The van der Waals surface area contributed by atoms with Gasteiger partial charge in [-0.15, -0.1) is 0 Å². The molecule has 46 heavy (non-hydrogen) atoms. The first-order chi connectivity index (χ1) is 21.3. The zero-order valence-corrected chi connectivity index (χ0v) is 27.9. The Morgan fingerprint density at radius 3 is 2.37 bits per heavy atom. The third-order valence-corrected chi connectivity index (χ3v) is 12.9. The van der Waals surface area contributed by atoms with Crippen LogP contribution in [0.15, 0.2) is 34.6 Å². The molecule has 4 aliphatic carbocycles. The van der Waals surface area contributed by atoms with Crippen molar-refractivity contribution in [2.45, 2.75) is 129 Å². The number of carbonyl (C=O) groups excluding carboxylic acids is 2. The van der Waals surface area contributed by atoms with Crippen molar-refractivity contribution in [1.29, 1.82) is 0 Å². The zero-order chi connectivity index (χ0) is 34.3. The Balaban J connectivity index is 1.49. The second-order valence-electron chi connectivity index (χ2n) is 15.6. The van der Waals surface area contributed by atoms with Gasteiger partial charge in [0.1, 0.15) is 30.2 Å². The Morgan fingerprint density at radius 2 is 1.76 bits per heavy atom. The van der Waals surface area contributed by atoms with Crippen molar-refractivity contribution in [3.8, 4) is 0 Å². The molecule has 5 aliphatic rings. The summed E-state index contributed by atoms with van der Waals surface area (Å²) in [6, 6.07) is 0. The van der Waals surface area contributed by atoms with Crippen LogP contribution in [-0.4, -0.2) is 102 Å². The second-order valence-corrected chi connectivity index (χ2v) is 15.6. The SMILES string of the molecule is CC(C)=CC[C@H](O)[C@](C)(O)[C@H]1[C@H](O)C[C@@]2(C)[C@@H]3CC=C4C(C)=C(O[C@@H]5O[C@H](CO)[C@@H](O)[C@H](O)[C@H]5O)C(=O)C[C@H]4[C@]3(C)C(=O)C[C@]12C. The van der Waals surface area contributed by atoms with Crippen LogP contribution in [0.2, 0.25) is 0 Å². The minimum absolute atomic E-state index is 0.0490. The van der Waals surface area contributed by atoms with E-state index in [0.717, 1.165) is 11.1 Å². The Labute approximate surface area is 270 Å². The largest absolute Gasteiger partial charge is 0.458 e. The number of allylic oxidation sites excluding steroid dienone is 5. The van der Waals surface area contributed by atoms with E-state index in [9.17, 15) is 45.3 Å². The van der Waals surface area contributed by atoms with Crippen LogP contribution in [0.1, 0.15) is 80.6 Å². The van der Waals surface area contributed by atoms with Gasteiger partial charge in [-0.25, -0.2) is 0 Å². The van der Waals surface area contributed by atoms with E-state index in [0.29, 0.717) is 18.4 Å². The molecule has 7 N–H and O–H groups in total. The average Bonchev–Trinajstić information content (AvgIpc) is 3.18. The fraction of sp³-hybridized carbons (Fsp3) is 0.771. The molecule has 11 nitrogen and oxygen atoms in total. The Hall–Kier alpha value is -1.96. The quantitative estimate of drug-likeness (QED) is 0.198. The molecule has 0 amide bonds. The van der Waals surface area contributed by atoms with Gasteiger partial charge in [-0.2, -0.15) is 0 Å². The van der Waals surface area contributed by atoms with Crippen LogP contribution in [0.4, 0.5) is 0 Å². The smallest absolute Gasteiger partial charge is 0.229 e. The van der Waals surface area contributed by atoms with Crippen LogP contribution >= 0.6 is 0 Å². The number of ether oxygens (including phenoxy) is 2. The minimum atomic E-state index is -1.68. The van der Waals surface area contributed by atoms with Crippen LogP contribution in [0, 0.1) is 34.0 Å². The number of hydrogen-bond acceptors (Lipinski definition) is 11. The number of fused-ring (bicyclic) bond motifs is 5. The van der Waals surface area contributed by atoms with Crippen LogP contribution in [0.5, 0.6) is 0 Å². The van der Waals surface area contributed by atoms with Gasteiger partial charge in [-0.05, 0) is 74.9 Å². The van der Waals surface area contributed by atoms with E-state index in [4.69, 9.17) is 9.47 Å². The molecule has 5 rings (SSSR count). The Bertz CT molecular complexity index is 1340. The number of rotatable bonds is 7. The van der Waals surface area contributed by atoms with Crippen molar-refractivity contribution in [2.75, 3.05) is 6.61 Å². The van der Waals surface area contributed by atoms with Crippen LogP contribution in [-0.2, 0) is 19.1 Å². The molecule has 3 fully saturated rings. The fourth-order valence-electron chi connectivity index (χ4n) is 10.1. The molecular weight excluding hydrogens is 596 g/mol. The molecule has 14 atom stereocenters. The van der Waals surface area contributed by atoms with Crippen LogP contribution in [0.3, 0.4) is 0 Å². The van der Waals surface area contributed by atoms with Crippen molar-refractivity contribution in [3.63, 3.8) is 0 Å². The van der Waals surface area contributed by atoms with Crippen molar-refractivity contribution in [3.05, 3.63) is 34.6 Å². The normalized spacial score (nSPS) is 46.0. The van der Waals surface area contributed by atoms with E-state index >= 15 is 0 Å². The molecule has 0 aromatic carbocycles. The predicted octanol–water partition coefficient (Wildman–Crippen LogP) is 1.45. The van der Waals surface area contributed by atoms with Gasteiger partial charge < -0.3 is 45.2 Å². The minimum Gasteiger partial charge on any atom is -0.458 e. The fourth-order valence-corrected chi connectivity index (χ4v) is 10.1. The number of hydrogen-bond donors (Lipinski definition) is 7. The summed E-state index contributed by atoms with van der Waals surface area (Å²) in [6.45, 7) is 12.4. The topological polar surface area (TPSA) is 194 Å². The third-order valence-electron chi connectivity index (χ3n) is 12.9. The summed E-state index contributed by atoms with van der Waals surface area (Å²) in [7, 11) is 0. The monoisotopic (exact) mass is 648 g/mol. The van der Waals surface area contributed by atoms with E-state index in [1.165, 1.54) is 0 Å². The number of Topliss-reactive ketones (excluding diaryl/α,β-unsaturated/α-hetero) is 2. The highest BCUT2D eigenvalue weighted by atomic mass is 16.7. The highest BCUT2D eigenvalue weighted by molar-refractivity contribution is 5.99. The van der Waals surface area contributed by atoms with Gasteiger partial charge in [0, 0.05) is 30.1 Å². The lowest BCUT2D eigenvalue weighted by molar-refractivity contribution is -0.291. The summed E-state index contributed by atoms with van der Waals surface area (Å²) >= 11 is 0. The van der Waals surface area contributed by atoms with Crippen LogP contribution in [0.25, 0.3) is 0 Å². The van der Waals surface area contributed by atoms with E-state index < -0.39 is 89.0 Å². The molecule has 1 aliphatic heterocycles. The van der Waals surface area contributed by atoms with Gasteiger partial charge in [0.2, 0.25) is 6.29 Å². The molecule has 11 heteroatoms. The van der Waals surface area contributed by atoms with Gasteiger partial charge in [0.05, 0.1) is 24.4 Å². The van der Waals surface area contributed by atoms with E-state index in [2.05, 4.69) is 6.92 Å². The maximum absolute atomic E-state index is 14.5. The second kappa shape index (κ2) is 11.9. The highest BCUT2D eigenvalue weighted by Crippen LogP contribution is 2.73. The Kier molecular flexibility index (Phi) is 9.12. The maximum Gasteiger partial charge on any atom is 0.229 e. The molecule has 0 aromatic rings. The first-order valence-electron chi connectivity index (χ1n) is 16.4. The van der Waals surface area contributed by atoms with Crippen molar-refractivity contribution in [2.24, 2.45) is 34.0 Å². The molecule has 0 radical (unpaired) electrons. The molecule has 1 saturated heterocycles. The Morgan fingerprint density at radius 1 is 1.11 bits per heavy atom. The lowest BCUT2D eigenvalue weighted by Crippen LogP contribution is -2.64. The summed E-state index contributed by atoms with van der Waals surface area (Å²) < 4.78 is 11.3. The molecule has 2 saturated carbocycles. The third kappa shape index (κ3) is 5.00. The van der Waals surface area contributed by atoms with Gasteiger partial charge >= 0.3 is 0 Å². The summed E-state index contributed by atoms with van der Waals surface area (Å²) in [4.78, 5) is 28.2. The average molecular weight is 649 g/mol. The molecule has 0 unspecified atom stereocenters. The summed E-state index contributed by atoms with van der Waals surface area (Å²) in [6.07, 6.45) is -4.81. The maximum atomic E-state index is 14.5. The van der Waals surface area contributed by atoms with Crippen molar-refractivity contribution < 1.29 is 54.8 Å². The van der Waals surface area contributed by atoms with Crippen molar-refractivity contribution in [1.82, 2.24) is 0 Å². The standard InChI is InChI=1S/C35H52O11/c1-16(2)8-11-24(39)35(7,44)30-21(38)13-32(4)23-10-9-18-17(3)29(46-31-28(43)27(42)26(41)22(15-36)45-31)20(37)12-19(18)34(23,6)25(40)14-33(30,32)5/h8-9,19,21-24,26-28,30-31,36,38-39,41-44H,10-15H2,1-7H3/t19-,21-,22-,23+,24+,26-,27+,28-,30+,31+,32+,33-,34+,35+/m1/s1. The number of ketones is 2. The molecule has 0 spiro atoms. The van der Waals surface area contributed by atoms with E-state index in [-0.39, 0.29) is 36.7 Å². The van der Waals surface area contributed by atoms with E-state index in [1.54, 1.807) is 13.8 Å². The zero-order valence-electron chi connectivity index (χ0n) is 27.9. The highest BCUT2D eigenvalue weighted by Gasteiger charge is 2.74. The summed E-state index contributed by atoms with van der Waals surface area (Å²) in [5, 5.41) is 75.0. The molecule has 258 valence electrons. The lowest BCUT2D eigenvalue weighted by atomic mass is 9.39. The number of aliphatic hydroxyl groups excluding tert-OH is 6. The number of aliphatic hydroxyl groups is 7. The molecule has 0 bridgehead atoms. The first-order valence-corrected chi connectivity index (χ1v) is 16.4. The van der Waals surface area contributed by atoms with Gasteiger partial charge in [0.25, 0.3) is 0 Å². The van der Waals surface area contributed by atoms with Crippen molar-refractivity contribution >= 4 is 11.6 Å².